The van der Waals surface area contributed by atoms with E-state index in [9.17, 15) is 21.6 Å². The highest BCUT2D eigenvalue weighted by atomic mass is 32.2. The Morgan fingerprint density at radius 2 is 1.79 bits per heavy atom. The number of ether oxygens (including phenoxy) is 1. The summed E-state index contributed by atoms with van der Waals surface area (Å²) in [4.78, 5) is 0. The molecule has 0 amide bonds. The smallest absolute Gasteiger partial charge is 0.404 e. The SMILES string of the molecule is CNC1=CC(c2ccc(OC3CCCCC3)cc2)=CCN1S(=O)(=O)CC(F)(F)F. The maximum atomic E-state index is 12.6. The van der Waals surface area contributed by atoms with Crippen LogP contribution < -0.4 is 10.1 Å². The Morgan fingerprint density at radius 3 is 2.38 bits per heavy atom. The van der Waals surface area contributed by atoms with Crippen LogP contribution in [-0.2, 0) is 10.0 Å². The molecule has 0 spiro atoms. The van der Waals surface area contributed by atoms with E-state index in [4.69, 9.17) is 4.74 Å². The third kappa shape index (κ3) is 5.68. The van der Waals surface area contributed by atoms with E-state index in [-0.39, 0.29) is 18.5 Å². The average Bonchev–Trinajstić information content (AvgIpc) is 2.67. The molecule has 1 aliphatic carbocycles. The van der Waals surface area contributed by atoms with Crippen molar-refractivity contribution in [3.8, 4) is 5.75 Å². The number of nitrogens with zero attached hydrogens (tertiary/aromatic N) is 1. The minimum Gasteiger partial charge on any atom is -0.490 e. The molecule has 1 aromatic carbocycles. The molecule has 0 aromatic heterocycles. The fourth-order valence-corrected chi connectivity index (χ4v) is 4.92. The molecule has 0 unspecified atom stereocenters. The lowest BCUT2D eigenvalue weighted by molar-refractivity contribution is -0.106. The lowest BCUT2D eigenvalue weighted by Gasteiger charge is -2.29. The molecule has 160 valence electrons. The van der Waals surface area contributed by atoms with Crippen LogP contribution in [0.3, 0.4) is 0 Å². The highest BCUT2D eigenvalue weighted by Crippen LogP contribution is 2.29. The molecular formula is C20H25F3N2O3S. The Hall–Kier alpha value is -2.16. The standard InChI is InChI=1S/C20H25F3N2O3S/c1-24-19-13-16(11-12-25(19)29(26,27)14-20(21,22)23)15-7-9-18(10-8-15)28-17-5-3-2-4-6-17/h7-11,13,17,24H,2-6,12,14H2,1H3. The van der Waals surface area contributed by atoms with E-state index in [2.05, 4.69) is 5.32 Å². The third-order valence-corrected chi connectivity index (χ3v) is 6.73. The lowest BCUT2D eigenvalue weighted by Crippen LogP contribution is -2.41. The topological polar surface area (TPSA) is 58.6 Å². The van der Waals surface area contributed by atoms with E-state index in [1.54, 1.807) is 6.08 Å². The summed E-state index contributed by atoms with van der Waals surface area (Å²) in [5.41, 5.74) is 1.57. The molecule has 0 bridgehead atoms. The second-order valence-electron chi connectivity index (χ2n) is 7.24. The van der Waals surface area contributed by atoms with E-state index in [1.807, 2.05) is 24.3 Å². The van der Waals surface area contributed by atoms with Crippen LogP contribution in [0.2, 0.25) is 0 Å². The van der Waals surface area contributed by atoms with Gasteiger partial charge in [0.1, 0.15) is 11.6 Å². The minimum absolute atomic E-state index is 0.106. The van der Waals surface area contributed by atoms with Crippen molar-refractivity contribution >= 4 is 15.6 Å². The molecule has 0 radical (unpaired) electrons. The van der Waals surface area contributed by atoms with Crippen molar-refractivity contribution in [2.45, 2.75) is 44.4 Å². The second-order valence-corrected chi connectivity index (χ2v) is 9.14. The molecule has 1 saturated carbocycles. The third-order valence-electron chi connectivity index (χ3n) is 5.02. The van der Waals surface area contributed by atoms with Gasteiger partial charge in [-0.15, -0.1) is 0 Å². The molecule has 1 aromatic rings. The summed E-state index contributed by atoms with van der Waals surface area (Å²) in [7, 11) is -3.04. The first-order valence-electron chi connectivity index (χ1n) is 9.62. The average molecular weight is 430 g/mol. The fraction of sp³-hybridized carbons (Fsp3) is 0.500. The van der Waals surface area contributed by atoms with Crippen LogP contribution in [0.5, 0.6) is 5.75 Å². The van der Waals surface area contributed by atoms with Crippen molar-refractivity contribution in [1.82, 2.24) is 9.62 Å². The highest BCUT2D eigenvalue weighted by Gasteiger charge is 2.39. The van der Waals surface area contributed by atoms with Crippen molar-refractivity contribution in [2.75, 3.05) is 19.3 Å². The second kappa shape index (κ2) is 8.69. The summed E-state index contributed by atoms with van der Waals surface area (Å²) in [6.07, 6.45) is 4.32. The van der Waals surface area contributed by atoms with Crippen molar-refractivity contribution in [3.63, 3.8) is 0 Å². The van der Waals surface area contributed by atoms with Crippen LogP contribution in [0.1, 0.15) is 37.7 Å². The first kappa shape index (κ1) is 21.5. The number of nitrogens with one attached hydrogen (secondary N) is 1. The van der Waals surface area contributed by atoms with Gasteiger partial charge in [0.25, 0.3) is 0 Å². The minimum atomic E-state index is -4.80. The van der Waals surface area contributed by atoms with E-state index in [0.29, 0.717) is 0 Å². The molecule has 0 atom stereocenters. The molecule has 1 heterocycles. The summed E-state index contributed by atoms with van der Waals surface area (Å²) in [5.74, 6) is -1.01. The number of benzene rings is 1. The van der Waals surface area contributed by atoms with E-state index in [0.717, 1.165) is 34.0 Å². The highest BCUT2D eigenvalue weighted by molar-refractivity contribution is 7.89. The van der Waals surface area contributed by atoms with Gasteiger partial charge in [-0.3, -0.25) is 4.31 Å². The molecule has 9 heteroatoms. The Balaban J connectivity index is 1.72. The van der Waals surface area contributed by atoms with Crippen molar-refractivity contribution in [3.05, 3.63) is 47.8 Å². The first-order valence-corrected chi connectivity index (χ1v) is 11.2. The van der Waals surface area contributed by atoms with Gasteiger partial charge in [-0.1, -0.05) is 24.6 Å². The molecular weight excluding hydrogens is 405 g/mol. The Morgan fingerprint density at radius 1 is 1.14 bits per heavy atom. The molecule has 1 fully saturated rings. The van der Waals surface area contributed by atoms with Gasteiger partial charge in [0.05, 0.1) is 12.6 Å². The largest absolute Gasteiger partial charge is 0.490 e. The van der Waals surface area contributed by atoms with Gasteiger partial charge >= 0.3 is 6.18 Å². The molecule has 1 N–H and O–H groups in total. The number of hydrogen-bond donors (Lipinski definition) is 1. The van der Waals surface area contributed by atoms with Crippen LogP contribution in [0, 0.1) is 0 Å². The summed E-state index contributed by atoms with van der Waals surface area (Å²) < 4.78 is 68.8. The number of sulfonamides is 1. The van der Waals surface area contributed by atoms with Gasteiger partial charge in [-0.25, -0.2) is 8.42 Å². The Labute approximate surface area is 169 Å². The van der Waals surface area contributed by atoms with E-state index in [1.165, 1.54) is 32.4 Å². The van der Waals surface area contributed by atoms with Gasteiger partial charge in [-0.05, 0) is 55.0 Å². The number of allylic oxidation sites excluding steroid dienone is 2. The zero-order chi connectivity index (χ0) is 21.1. The molecule has 1 aliphatic heterocycles. The maximum absolute atomic E-state index is 12.6. The van der Waals surface area contributed by atoms with Crippen molar-refractivity contribution in [1.29, 1.82) is 0 Å². The molecule has 29 heavy (non-hydrogen) atoms. The number of halogens is 3. The zero-order valence-corrected chi connectivity index (χ0v) is 17.0. The van der Waals surface area contributed by atoms with Crippen molar-refractivity contribution in [2.24, 2.45) is 0 Å². The van der Waals surface area contributed by atoms with E-state index >= 15 is 0 Å². The number of rotatable bonds is 6. The molecule has 3 rings (SSSR count). The van der Waals surface area contributed by atoms with Crippen LogP contribution in [-0.4, -0.2) is 44.3 Å². The fourth-order valence-electron chi connectivity index (χ4n) is 3.61. The molecule has 5 nitrogen and oxygen atoms in total. The maximum Gasteiger partial charge on any atom is 0.404 e. The van der Waals surface area contributed by atoms with Crippen molar-refractivity contribution < 1.29 is 26.3 Å². The Bertz CT molecular complexity index is 871. The van der Waals surface area contributed by atoms with Gasteiger partial charge in [-0.2, -0.15) is 13.2 Å². The van der Waals surface area contributed by atoms with Crippen LogP contribution in [0.4, 0.5) is 13.2 Å². The first-order chi connectivity index (χ1) is 13.7. The van der Waals surface area contributed by atoms with Crippen LogP contribution in [0.15, 0.2) is 42.2 Å². The predicted octanol–water partition coefficient (Wildman–Crippen LogP) is 4.05. The normalized spacial score (nSPS) is 18.8. The van der Waals surface area contributed by atoms with Crippen LogP contribution in [0.25, 0.3) is 5.57 Å². The quantitative estimate of drug-likeness (QED) is 0.740. The number of alkyl halides is 3. The molecule has 2 aliphatic rings. The van der Waals surface area contributed by atoms with E-state index < -0.39 is 22.0 Å². The summed E-state index contributed by atoms with van der Waals surface area (Å²) in [6.45, 7) is -0.166. The number of hydrogen-bond acceptors (Lipinski definition) is 4. The zero-order valence-electron chi connectivity index (χ0n) is 16.2. The Kier molecular flexibility index (Phi) is 6.45. The lowest BCUT2D eigenvalue weighted by atomic mass is 9.98. The van der Waals surface area contributed by atoms with Gasteiger partial charge in [0, 0.05) is 7.05 Å². The summed E-state index contributed by atoms with van der Waals surface area (Å²) in [5, 5.41) is 2.69. The molecule has 0 saturated heterocycles. The summed E-state index contributed by atoms with van der Waals surface area (Å²) >= 11 is 0. The van der Waals surface area contributed by atoms with Gasteiger partial charge in [0.15, 0.2) is 5.75 Å². The van der Waals surface area contributed by atoms with Crippen LogP contribution >= 0.6 is 0 Å². The monoisotopic (exact) mass is 430 g/mol. The summed E-state index contributed by atoms with van der Waals surface area (Å²) in [6, 6.07) is 7.47. The van der Waals surface area contributed by atoms with Gasteiger partial charge < -0.3 is 10.1 Å². The van der Waals surface area contributed by atoms with Gasteiger partial charge in [0.2, 0.25) is 10.0 Å². The predicted molar refractivity (Wildman–Crippen MR) is 106 cm³/mol.